The van der Waals surface area contributed by atoms with Gasteiger partial charge < -0.3 is 15.8 Å². The minimum absolute atomic E-state index is 0.107. The highest BCUT2D eigenvalue weighted by atomic mass is 35.5. The first-order chi connectivity index (χ1) is 16.0. The van der Waals surface area contributed by atoms with Gasteiger partial charge in [-0.2, -0.15) is 4.98 Å². The van der Waals surface area contributed by atoms with Crippen molar-refractivity contribution in [2.45, 2.75) is 38.8 Å². The Kier molecular flexibility index (Phi) is 5.46. The van der Waals surface area contributed by atoms with E-state index in [4.69, 9.17) is 27.1 Å². The number of anilines is 5. The van der Waals surface area contributed by atoms with Crippen LogP contribution < -0.4 is 25.6 Å². The van der Waals surface area contributed by atoms with Crippen LogP contribution in [0.15, 0.2) is 42.6 Å². The molecule has 2 aromatic carbocycles. The van der Waals surface area contributed by atoms with E-state index in [2.05, 4.69) is 10.3 Å². The number of carbonyl (C=O) groups is 1. The number of aromatic nitrogens is 2. The molecule has 0 spiro atoms. The molecular weight excluding hydrogens is 440 g/mol. The van der Waals surface area contributed by atoms with Gasteiger partial charge in [-0.15, -0.1) is 0 Å². The van der Waals surface area contributed by atoms with Crippen molar-refractivity contribution in [1.82, 2.24) is 9.97 Å². The first-order valence-corrected chi connectivity index (χ1v) is 11.3. The van der Waals surface area contributed by atoms with Crippen molar-refractivity contribution in [3.8, 4) is 5.75 Å². The highest BCUT2D eigenvalue weighted by molar-refractivity contribution is 6.34. The number of hydrogen-bond acceptors (Lipinski definition) is 6. The molecule has 2 amide bonds. The van der Waals surface area contributed by atoms with Gasteiger partial charge in [-0.25, -0.2) is 9.78 Å². The van der Waals surface area contributed by atoms with Crippen LogP contribution in [0.3, 0.4) is 0 Å². The quantitative estimate of drug-likeness (QED) is 0.499. The molecule has 3 aromatic rings. The van der Waals surface area contributed by atoms with Crippen LogP contribution in [0, 0.1) is 6.92 Å². The zero-order valence-electron chi connectivity index (χ0n) is 18.5. The molecule has 8 nitrogen and oxygen atoms in total. The van der Waals surface area contributed by atoms with Gasteiger partial charge >= 0.3 is 6.03 Å². The average molecular weight is 465 g/mol. The fourth-order valence-corrected chi connectivity index (χ4v) is 4.61. The summed E-state index contributed by atoms with van der Waals surface area (Å²) >= 11 is 6.51. The second kappa shape index (κ2) is 8.44. The van der Waals surface area contributed by atoms with Crippen LogP contribution >= 0.6 is 11.6 Å². The van der Waals surface area contributed by atoms with E-state index in [0.717, 1.165) is 36.1 Å². The molecule has 1 fully saturated rings. The van der Waals surface area contributed by atoms with Gasteiger partial charge in [0.1, 0.15) is 11.6 Å². The molecule has 0 atom stereocenters. The number of carbonyl (C=O) groups excluding carboxylic acids is 1. The summed E-state index contributed by atoms with van der Waals surface area (Å²) in [6.45, 7) is 2.31. The number of aryl methyl sites for hydroxylation is 1. The number of fused-ring (bicyclic) bond motifs is 1. The molecule has 2 heterocycles. The zero-order chi connectivity index (χ0) is 23.1. The van der Waals surface area contributed by atoms with Gasteiger partial charge in [0.15, 0.2) is 0 Å². The number of rotatable bonds is 5. The molecule has 1 aliphatic carbocycles. The summed E-state index contributed by atoms with van der Waals surface area (Å²) in [5.41, 5.74) is 9.70. The van der Waals surface area contributed by atoms with Crippen LogP contribution in [0.25, 0.3) is 0 Å². The Hall–Kier alpha value is -3.52. The van der Waals surface area contributed by atoms with Gasteiger partial charge in [-0.3, -0.25) is 9.80 Å². The number of para-hydroxylation sites is 1. The van der Waals surface area contributed by atoms with Crippen molar-refractivity contribution in [2.24, 2.45) is 0 Å². The molecule has 1 aliphatic heterocycles. The minimum Gasteiger partial charge on any atom is -0.494 e. The van der Waals surface area contributed by atoms with E-state index >= 15 is 0 Å². The van der Waals surface area contributed by atoms with Gasteiger partial charge in [-0.1, -0.05) is 23.7 Å². The maximum absolute atomic E-state index is 13.7. The number of nitrogens with two attached hydrogens (primary N) is 1. The van der Waals surface area contributed by atoms with Crippen LogP contribution in [0.2, 0.25) is 5.02 Å². The Labute approximate surface area is 197 Å². The van der Waals surface area contributed by atoms with Gasteiger partial charge in [0.25, 0.3) is 0 Å². The van der Waals surface area contributed by atoms with Crippen LogP contribution in [0.5, 0.6) is 5.75 Å². The molecule has 0 saturated heterocycles. The minimum atomic E-state index is -0.113. The lowest BCUT2D eigenvalue weighted by Gasteiger charge is -2.43. The average Bonchev–Trinajstić information content (AvgIpc) is 2.76. The van der Waals surface area contributed by atoms with Crippen LogP contribution in [0.4, 0.5) is 33.6 Å². The SMILES string of the molecule is COc1cc(N)ccc1Nc1ncc2c(n1)N(C1CCC1)C(=O)N(c1c(C)cccc1Cl)C2. The van der Waals surface area contributed by atoms with Crippen LogP contribution in [-0.2, 0) is 6.54 Å². The molecular formula is C24H25ClN6O2. The molecule has 1 aromatic heterocycles. The molecule has 170 valence electrons. The molecule has 9 heteroatoms. The lowest BCUT2D eigenvalue weighted by molar-refractivity contribution is 0.242. The zero-order valence-corrected chi connectivity index (χ0v) is 19.3. The van der Waals surface area contributed by atoms with E-state index in [1.807, 2.05) is 31.2 Å². The predicted octanol–water partition coefficient (Wildman–Crippen LogP) is 5.27. The Balaban J connectivity index is 1.54. The second-order valence-electron chi connectivity index (χ2n) is 8.36. The fraction of sp³-hybridized carbons (Fsp3) is 0.292. The lowest BCUT2D eigenvalue weighted by Crippen LogP contribution is -2.54. The lowest BCUT2D eigenvalue weighted by atomic mass is 9.91. The highest BCUT2D eigenvalue weighted by Crippen LogP contribution is 2.40. The Morgan fingerprint density at radius 2 is 2.06 bits per heavy atom. The van der Waals surface area contributed by atoms with Gasteiger partial charge in [0.2, 0.25) is 5.95 Å². The third kappa shape index (κ3) is 3.80. The van der Waals surface area contributed by atoms with Crippen LogP contribution in [0.1, 0.15) is 30.4 Å². The van der Waals surface area contributed by atoms with E-state index in [0.29, 0.717) is 40.5 Å². The first-order valence-electron chi connectivity index (χ1n) is 10.9. The first kappa shape index (κ1) is 21.3. The molecule has 3 N–H and O–H groups in total. The number of urea groups is 1. The number of nitrogens with zero attached hydrogens (tertiary/aromatic N) is 4. The maximum Gasteiger partial charge on any atom is 0.330 e. The van der Waals surface area contributed by atoms with Crippen molar-refractivity contribution in [3.63, 3.8) is 0 Å². The fourth-order valence-electron chi connectivity index (χ4n) is 4.28. The molecule has 0 unspecified atom stereocenters. The standard InChI is InChI=1S/C24H25ClN6O2/c1-14-5-3-8-18(25)21(14)30-13-15-12-27-23(28-19-10-9-16(26)11-20(19)33-2)29-22(15)31(24(30)32)17-6-4-7-17/h3,5,8-12,17H,4,6-7,13,26H2,1-2H3,(H,27,28,29). The van der Waals surface area contributed by atoms with Gasteiger partial charge in [0, 0.05) is 29.6 Å². The number of nitrogen functional groups attached to an aromatic ring is 1. The smallest absolute Gasteiger partial charge is 0.330 e. The summed E-state index contributed by atoms with van der Waals surface area (Å²) < 4.78 is 5.42. The molecule has 5 rings (SSSR count). The predicted molar refractivity (Wildman–Crippen MR) is 131 cm³/mol. The maximum atomic E-state index is 13.7. The van der Waals surface area contributed by atoms with E-state index in [-0.39, 0.29) is 12.1 Å². The van der Waals surface area contributed by atoms with Crippen molar-refractivity contribution in [2.75, 3.05) is 28.0 Å². The Morgan fingerprint density at radius 3 is 2.76 bits per heavy atom. The van der Waals surface area contributed by atoms with Crippen molar-refractivity contribution in [3.05, 3.63) is 58.7 Å². The third-order valence-corrected chi connectivity index (χ3v) is 6.51. The number of halogens is 1. The molecule has 0 bridgehead atoms. The van der Waals surface area contributed by atoms with E-state index in [9.17, 15) is 4.79 Å². The summed E-state index contributed by atoms with van der Waals surface area (Å²) in [5, 5.41) is 3.75. The van der Waals surface area contributed by atoms with Crippen LogP contribution in [-0.4, -0.2) is 29.2 Å². The molecule has 33 heavy (non-hydrogen) atoms. The van der Waals surface area contributed by atoms with E-state index in [1.54, 1.807) is 35.2 Å². The number of ether oxygens (including phenoxy) is 1. The number of nitrogens with one attached hydrogen (secondary N) is 1. The topological polar surface area (TPSA) is 96.6 Å². The normalized spacial score (nSPS) is 15.8. The summed E-state index contributed by atoms with van der Waals surface area (Å²) in [5.74, 6) is 1.61. The van der Waals surface area contributed by atoms with E-state index in [1.165, 1.54) is 0 Å². The molecule has 1 saturated carbocycles. The summed E-state index contributed by atoms with van der Waals surface area (Å²) in [7, 11) is 1.58. The number of hydrogen-bond donors (Lipinski definition) is 2. The van der Waals surface area contributed by atoms with Crippen molar-refractivity contribution < 1.29 is 9.53 Å². The summed E-state index contributed by atoms with van der Waals surface area (Å²) in [6, 6.07) is 11.0. The van der Waals surface area contributed by atoms with Crippen molar-refractivity contribution in [1.29, 1.82) is 0 Å². The van der Waals surface area contributed by atoms with Crippen molar-refractivity contribution >= 4 is 46.5 Å². The molecule has 2 aliphatic rings. The third-order valence-electron chi connectivity index (χ3n) is 6.21. The number of methoxy groups -OCH3 is 1. The van der Waals surface area contributed by atoms with E-state index < -0.39 is 0 Å². The number of benzene rings is 2. The summed E-state index contributed by atoms with van der Waals surface area (Å²) in [6.07, 6.45) is 4.75. The largest absolute Gasteiger partial charge is 0.494 e. The Bertz CT molecular complexity index is 1210. The van der Waals surface area contributed by atoms with Gasteiger partial charge in [0.05, 0.1) is 30.1 Å². The van der Waals surface area contributed by atoms with Gasteiger partial charge in [-0.05, 0) is 49.9 Å². The molecule has 0 radical (unpaired) electrons. The second-order valence-corrected chi connectivity index (χ2v) is 8.76. The Morgan fingerprint density at radius 1 is 1.24 bits per heavy atom. The number of amides is 2. The monoisotopic (exact) mass is 464 g/mol. The highest BCUT2D eigenvalue weighted by Gasteiger charge is 2.40. The summed E-state index contributed by atoms with van der Waals surface area (Å²) in [4.78, 5) is 26.5.